The summed E-state index contributed by atoms with van der Waals surface area (Å²) in [5, 5.41) is 11.5. The first-order chi connectivity index (χ1) is 5.77. The van der Waals surface area contributed by atoms with Crippen molar-refractivity contribution >= 4 is 5.65 Å². The Hall–Kier alpha value is -1.56. The first kappa shape index (κ1) is 7.11. The Morgan fingerprint density at radius 2 is 2.42 bits per heavy atom. The van der Waals surface area contributed by atoms with Crippen molar-refractivity contribution in [2.24, 2.45) is 5.73 Å². The van der Waals surface area contributed by atoms with Gasteiger partial charge in [0.15, 0.2) is 11.5 Å². The molecule has 6 nitrogen and oxygen atoms in total. The van der Waals surface area contributed by atoms with Gasteiger partial charge in [-0.15, -0.1) is 15.3 Å². The Bertz CT molecular complexity index is 392. The highest BCUT2D eigenvalue weighted by atomic mass is 15.4. The molecule has 0 aromatic carbocycles. The molecule has 1 atom stereocenters. The first-order valence-electron chi connectivity index (χ1n) is 3.56. The van der Waals surface area contributed by atoms with Gasteiger partial charge in [-0.05, 0) is 6.92 Å². The average Bonchev–Trinajstić information content (AvgIpc) is 2.49. The fourth-order valence-corrected chi connectivity index (χ4v) is 0.870. The lowest BCUT2D eigenvalue weighted by atomic mass is 10.3. The molecule has 0 amide bonds. The molecule has 6 heteroatoms. The fourth-order valence-electron chi connectivity index (χ4n) is 0.870. The van der Waals surface area contributed by atoms with Crippen molar-refractivity contribution < 1.29 is 0 Å². The molecule has 2 N–H and O–H groups in total. The van der Waals surface area contributed by atoms with Gasteiger partial charge in [0.25, 0.3) is 0 Å². The van der Waals surface area contributed by atoms with Crippen LogP contribution in [0.2, 0.25) is 0 Å². The molecule has 0 aliphatic heterocycles. The van der Waals surface area contributed by atoms with Gasteiger partial charge in [-0.3, -0.25) is 0 Å². The zero-order chi connectivity index (χ0) is 8.55. The molecule has 0 saturated carbocycles. The minimum absolute atomic E-state index is 0.170. The van der Waals surface area contributed by atoms with E-state index in [4.69, 9.17) is 5.73 Å². The van der Waals surface area contributed by atoms with Crippen LogP contribution in [-0.2, 0) is 0 Å². The van der Waals surface area contributed by atoms with Gasteiger partial charge in [0, 0.05) is 0 Å². The van der Waals surface area contributed by atoms with Crippen molar-refractivity contribution in [2.45, 2.75) is 13.0 Å². The number of aromatic nitrogens is 5. The monoisotopic (exact) mass is 164 g/mol. The van der Waals surface area contributed by atoms with Crippen molar-refractivity contribution in [3.8, 4) is 0 Å². The highest BCUT2D eigenvalue weighted by Gasteiger charge is 2.04. The molecule has 62 valence electrons. The number of hydrogen-bond donors (Lipinski definition) is 1. The lowest BCUT2D eigenvalue weighted by Gasteiger charge is -2.01. The van der Waals surface area contributed by atoms with E-state index in [-0.39, 0.29) is 6.04 Å². The van der Waals surface area contributed by atoms with Crippen molar-refractivity contribution in [3.05, 3.63) is 18.3 Å². The van der Waals surface area contributed by atoms with Crippen LogP contribution in [0, 0.1) is 0 Å². The topological polar surface area (TPSA) is 82.0 Å². The molecular formula is C6H8N6. The van der Waals surface area contributed by atoms with E-state index in [0.717, 1.165) is 0 Å². The van der Waals surface area contributed by atoms with Crippen LogP contribution in [0.15, 0.2) is 12.5 Å². The van der Waals surface area contributed by atoms with Gasteiger partial charge in [-0.2, -0.15) is 4.52 Å². The van der Waals surface area contributed by atoms with E-state index in [0.29, 0.717) is 11.5 Å². The smallest absolute Gasteiger partial charge is 0.195 e. The van der Waals surface area contributed by atoms with Gasteiger partial charge >= 0.3 is 0 Å². The Labute approximate surface area is 68.4 Å². The standard InChI is InChI=1S/C6H8N6/c1-4(7)6-8-2-5-10-9-3-12(5)11-6/h2-4H,7H2,1H3/t4-/m1/s1. The molecule has 0 bridgehead atoms. The number of hydrogen-bond acceptors (Lipinski definition) is 5. The third-order valence-electron chi connectivity index (χ3n) is 1.49. The molecule has 0 spiro atoms. The van der Waals surface area contributed by atoms with Crippen LogP contribution in [0.4, 0.5) is 0 Å². The summed E-state index contributed by atoms with van der Waals surface area (Å²) < 4.78 is 1.55. The molecule has 0 unspecified atom stereocenters. The second-order valence-electron chi connectivity index (χ2n) is 2.54. The maximum atomic E-state index is 5.59. The van der Waals surface area contributed by atoms with Crippen LogP contribution in [-0.4, -0.2) is 24.8 Å². The zero-order valence-corrected chi connectivity index (χ0v) is 6.55. The van der Waals surface area contributed by atoms with Gasteiger partial charge in [-0.1, -0.05) is 0 Å². The van der Waals surface area contributed by atoms with Crippen LogP contribution in [0.1, 0.15) is 18.8 Å². The molecule has 0 radical (unpaired) electrons. The Morgan fingerprint density at radius 1 is 1.58 bits per heavy atom. The van der Waals surface area contributed by atoms with Crippen LogP contribution >= 0.6 is 0 Å². The minimum atomic E-state index is -0.170. The molecule has 2 heterocycles. The Morgan fingerprint density at radius 3 is 3.17 bits per heavy atom. The molecule has 2 aromatic heterocycles. The molecular weight excluding hydrogens is 156 g/mol. The second-order valence-corrected chi connectivity index (χ2v) is 2.54. The second kappa shape index (κ2) is 2.49. The third-order valence-corrected chi connectivity index (χ3v) is 1.49. The van der Waals surface area contributed by atoms with E-state index in [1.54, 1.807) is 10.7 Å². The molecule has 0 aliphatic carbocycles. The van der Waals surface area contributed by atoms with E-state index in [1.807, 2.05) is 6.92 Å². The van der Waals surface area contributed by atoms with E-state index in [1.165, 1.54) is 6.33 Å². The summed E-state index contributed by atoms with van der Waals surface area (Å²) >= 11 is 0. The van der Waals surface area contributed by atoms with Crippen LogP contribution < -0.4 is 5.73 Å². The highest BCUT2D eigenvalue weighted by molar-refractivity contribution is 5.30. The van der Waals surface area contributed by atoms with Crippen molar-refractivity contribution in [3.63, 3.8) is 0 Å². The molecule has 0 aliphatic rings. The molecule has 2 rings (SSSR count). The maximum Gasteiger partial charge on any atom is 0.195 e. The zero-order valence-electron chi connectivity index (χ0n) is 6.55. The first-order valence-corrected chi connectivity index (χ1v) is 3.56. The molecule has 2 aromatic rings. The summed E-state index contributed by atoms with van der Waals surface area (Å²) in [7, 11) is 0. The van der Waals surface area contributed by atoms with Crippen molar-refractivity contribution in [2.75, 3.05) is 0 Å². The molecule has 0 fully saturated rings. The van der Waals surface area contributed by atoms with E-state index < -0.39 is 0 Å². The summed E-state index contributed by atoms with van der Waals surface area (Å²) in [6, 6.07) is -0.170. The van der Waals surface area contributed by atoms with Gasteiger partial charge in [0.2, 0.25) is 0 Å². The summed E-state index contributed by atoms with van der Waals surface area (Å²) in [6.45, 7) is 1.82. The number of fused-ring (bicyclic) bond motifs is 1. The third kappa shape index (κ3) is 1.02. The van der Waals surface area contributed by atoms with Gasteiger partial charge < -0.3 is 5.73 Å². The lowest BCUT2D eigenvalue weighted by Crippen LogP contribution is -2.11. The highest BCUT2D eigenvalue weighted by Crippen LogP contribution is 2.01. The van der Waals surface area contributed by atoms with Crippen molar-refractivity contribution in [1.82, 2.24) is 24.8 Å². The summed E-state index contributed by atoms with van der Waals surface area (Å²) in [6.07, 6.45) is 3.11. The van der Waals surface area contributed by atoms with Gasteiger partial charge in [0.05, 0.1) is 12.2 Å². The van der Waals surface area contributed by atoms with Gasteiger partial charge in [-0.25, -0.2) is 4.98 Å². The summed E-state index contributed by atoms with van der Waals surface area (Å²) in [5.74, 6) is 0.585. The van der Waals surface area contributed by atoms with E-state index >= 15 is 0 Å². The van der Waals surface area contributed by atoms with Crippen LogP contribution in [0.5, 0.6) is 0 Å². The largest absolute Gasteiger partial charge is 0.321 e. The van der Waals surface area contributed by atoms with Crippen LogP contribution in [0.25, 0.3) is 5.65 Å². The van der Waals surface area contributed by atoms with E-state index in [9.17, 15) is 0 Å². The molecule has 0 saturated heterocycles. The van der Waals surface area contributed by atoms with Gasteiger partial charge in [0.1, 0.15) is 6.33 Å². The fraction of sp³-hybridized carbons (Fsp3) is 0.333. The number of nitrogens with zero attached hydrogens (tertiary/aromatic N) is 5. The summed E-state index contributed by atoms with van der Waals surface area (Å²) in [4.78, 5) is 4.02. The van der Waals surface area contributed by atoms with Crippen LogP contribution in [0.3, 0.4) is 0 Å². The maximum absolute atomic E-state index is 5.59. The van der Waals surface area contributed by atoms with Crippen molar-refractivity contribution in [1.29, 1.82) is 0 Å². The number of rotatable bonds is 1. The Balaban J connectivity index is 2.60. The average molecular weight is 164 g/mol. The predicted molar refractivity (Wildman–Crippen MR) is 41.2 cm³/mol. The minimum Gasteiger partial charge on any atom is -0.321 e. The SMILES string of the molecule is C[C@@H](N)c1ncc2nncn2n1. The molecule has 12 heavy (non-hydrogen) atoms. The quantitative estimate of drug-likeness (QED) is 0.616. The van der Waals surface area contributed by atoms with E-state index in [2.05, 4.69) is 20.3 Å². The lowest BCUT2D eigenvalue weighted by molar-refractivity contribution is 0.693. The Kier molecular flexibility index (Phi) is 1.47. The normalized spacial score (nSPS) is 13.5. The summed E-state index contributed by atoms with van der Waals surface area (Å²) in [5.41, 5.74) is 6.22. The predicted octanol–water partition coefficient (Wildman–Crippen LogP) is -0.461. The number of nitrogens with two attached hydrogens (primary N) is 1.